The Kier molecular flexibility index (Phi) is 6.03. The van der Waals surface area contributed by atoms with Crippen molar-refractivity contribution < 1.29 is 13.2 Å². The van der Waals surface area contributed by atoms with Crippen LogP contribution in [0.3, 0.4) is 0 Å². The topological polar surface area (TPSA) is 75.3 Å². The zero-order valence-electron chi connectivity index (χ0n) is 13.0. The Balaban J connectivity index is 2.10. The number of nitrogens with one attached hydrogen (secondary N) is 2. The normalized spacial score (nSPS) is 12.7. The number of amides is 1. The van der Waals surface area contributed by atoms with Crippen LogP contribution >= 0.6 is 27.5 Å². The first-order valence-corrected chi connectivity index (χ1v) is 9.69. The van der Waals surface area contributed by atoms with Gasteiger partial charge in [-0.1, -0.05) is 33.6 Å². The van der Waals surface area contributed by atoms with Gasteiger partial charge in [-0.25, -0.2) is 8.42 Å². The van der Waals surface area contributed by atoms with Gasteiger partial charge in [0.2, 0.25) is 15.9 Å². The monoisotopic (exact) mass is 430 g/mol. The Morgan fingerprint density at radius 3 is 2.42 bits per heavy atom. The molecule has 0 spiro atoms. The molecule has 128 valence electrons. The molecule has 0 saturated carbocycles. The standard InChI is InChI=1S/C16H16BrClN2O3S/c1-10-3-6-13(18)9-15(10)19-16(21)11(2)20-24(22,23)14-7-4-12(17)5-8-14/h3-9,11,20H,1-2H3,(H,19,21). The summed E-state index contributed by atoms with van der Waals surface area (Å²) in [5.41, 5.74) is 1.37. The van der Waals surface area contributed by atoms with Crippen LogP contribution in [0.4, 0.5) is 5.69 Å². The van der Waals surface area contributed by atoms with Gasteiger partial charge in [-0.2, -0.15) is 4.72 Å². The number of carbonyl (C=O) groups excluding carboxylic acids is 1. The van der Waals surface area contributed by atoms with E-state index in [0.29, 0.717) is 10.7 Å². The summed E-state index contributed by atoms with van der Waals surface area (Å²) in [7, 11) is -3.79. The Hall–Kier alpha value is -1.41. The number of anilines is 1. The van der Waals surface area contributed by atoms with Gasteiger partial charge in [0, 0.05) is 15.2 Å². The van der Waals surface area contributed by atoms with E-state index in [-0.39, 0.29) is 4.90 Å². The molecule has 0 fully saturated rings. The molecular formula is C16H16BrClN2O3S. The molecule has 2 aromatic carbocycles. The molecule has 0 aliphatic heterocycles. The number of hydrogen-bond acceptors (Lipinski definition) is 3. The molecule has 0 radical (unpaired) electrons. The molecule has 5 nitrogen and oxygen atoms in total. The number of rotatable bonds is 5. The lowest BCUT2D eigenvalue weighted by atomic mass is 10.2. The van der Waals surface area contributed by atoms with Gasteiger partial charge in [-0.05, 0) is 55.8 Å². The lowest BCUT2D eigenvalue weighted by molar-refractivity contribution is -0.117. The van der Waals surface area contributed by atoms with Crippen LogP contribution in [0.2, 0.25) is 5.02 Å². The second-order valence-electron chi connectivity index (χ2n) is 5.25. The average molecular weight is 432 g/mol. The lowest BCUT2D eigenvalue weighted by Crippen LogP contribution is -2.41. The average Bonchev–Trinajstić information content (AvgIpc) is 2.51. The summed E-state index contributed by atoms with van der Waals surface area (Å²) >= 11 is 9.16. The highest BCUT2D eigenvalue weighted by molar-refractivity contribution is 9.10. The molecule has 0 bridgehead atoms. The van der Waals surface area contributed by atoms with Crippen molar-refractivity contribution in [2.45, 2.75) is 24.8 Å². The number of benzene rings is 2. The molecule has 0 aromatic heterocycles. The molecule has 8 heteroatoms. The van der Waals surface area contributed by atoms with E-state index >= 15 is 0 Å². The van der Waals surface area contributed by atoms with Crippen LogP contribution in [0.25, 0.3) is 0 Å². The summed E-state index contributed by atoms with van der Waals surface area (Å²) in [6.07, 6.45) is 0. The van der Waals surface area contributed by atoms with Crippen molar-refractivity contribution in [3.8, 4) is 0 Å². The SMILES string of the molecule is Cc1ccc(Cl)cc1NC(=O)C(C)NS(=O)(=O)c1ccc(Br)cc1. The molecule has 0 saturated heterocycles. The molecule has 24 heavy (non-hydrogen) atoms. The second kappa shape index (κ2) is 7.65. The largest absolute Gasteiger partial charge is 0.324 e. The molecular weight excluding hydrogens is 416 g/mol. The van der Waals surface area contributed by atoms with E-state index in [1.807, 2.05) is 6.92 Å². The van der Waals surface area contributed by atoms with Crippen LogP contribution in [0.15, 0.2) is 51.8 Å². The van der Waals surface area contributed by atoms with Crippen LogP contribution in [-0.2, 0) is 14.8 Å². The van der Waals surface area contributed by atoms with Gasteiger partial charge < -0.3 is 5.32 Å². The molecule has 2 N–H and O–H groups in total. The van der Waals surface area contributed by atoms with Gasteiger partial charge in [0.25, 0.3) is 0 Å². The Bertz CT molecular complexity index is 854. The van der Waals surface area contributed by atoms with E-state index < -0.39 is 22.0 Å². The molecule has 0 heterocycles. The van der Waals surface area contributed by atoms with Crippen LogP contribution in [0, 0.1) is 6.92 Å². The van der Waals surface area contributed by atoms with E-state index in [1.54, 1.807) is 30.3 Å². The summed E-state index contributed by atoms with van der Waals surface area (Å²) in [4.78, 5) is 12.3. The molecule has 1 unspecified atom stereocenters. The Labute approximate surface area is 154 Å². The van der Waals surface area contributed by atoms with Crippen LogP contribution < -0.4 is 10.0 Å². The van der Waals surface area contributed by atoms with E-state index in [4.69, 9.17) is 11.6 Å². The Morgan fingerprint density at radius 2 is 1.79 bits per heavy atom. The lowest BCUT2D eigenvalue weighted by Gasteiger charge is -2.16. The van der Waals surface area contributed by atoms with Gasteiger partial charge in [0.05, 0.1) is 10.9 Å². The van der Waals surface area contributed by atoms with Gasteiger partial charge in [0.1, 0.15) is 0 Å². The van der Waals surface area contributed by atoms with Crippen LogP contribution in [0.5, 0.6) is 0 Å². The third kappa shape index (κ3) is 4.80. The fourth-order valence-corrected chi connectivity index (χ4v) is 3.58. The predicted octanol–water partition coefficient (Wildman–Crippen LogP) is 3.72. The minimum absolute atomic E-state index is 0.0873. The van der Waals surface area contributed by atoms with Crippen molar-refractivity contribution in [2.24, 2.45) is 0 Å². The third-order valence-corrected chi connectivity index (χ3v) is 5.63. The maximum Gasteiger partial charge on any atom is 0.242 e. The van der Waals surface area contributed by atoms with Gasteiger partial charge in [0.15, 0.2) is 0 Å². The van der Waals surface area contributed by atoms with Gasteiger partial charge >= 0.3 is 0 Å². The van der Waals surface area contributed by atoms with Crippen molar-refractivity contribution in [3.63, 3.8) is 0 Å². The first kappa shape index (κ1) is 18.9. The Morgan fingerprint density at radius 1 is 1.17 bits per heavy atom. The molecule has 1 amide bonds. The van der Waals surface area contributed by atoms with Crippen LogP contribution in [-0.4, -0.2) is 20.4 Å². The van der Waals surface area contributed by atoms with E-state index in [2.05, 4.69) is 26.0 Å². The van der Waals surface area contributed by atoms with Crippen LogP contribution in [0.1, 0.15) is 12.5 Å². The molecule has 2 rings (SSSR count). The fraction of sp³-hybridized carbons (Fsp3) is 0.188. The van der Waals surface area contributed by atoms with Crippen molar-refractivity contribution in [1.29, 1.82) is 0 Å². The second-order valence-corrected chi connectivity index (χ2v) is 8.31. The summed E-state index contributed by atoms with van der Waals surface area (Å²) in [5, 5.41) is 3.16. The molecule has 0 aliphatic carbocycles. The summed E-state index contributed by atoms with van der Waals surface area (Å²) in [5.74, 6) is -0.471. The highest BCUT2D eigenvalue weighted by atomic mass is 79.9. The summed E-state index contributed by atoms with van der Waals surface area (Å²) in [6.45, 7) is 3.30. The highest BCUT2D eigenvalue weighted by Gasteiger charge is 2.22. The maximum absolute atomic E-state index is 12.3. The third-order valence-electron chi connectivity index (χ3n) is 3.31. The smallest absolute Gasteiger partial charge is 0.242 e. The first-order valence-electron chi connectivity index (χ1n) is 7.04. The molecule has 1 atom stereocenters. The van der Waals surface area contributed by atoms with Crippen molar-refractivity contribution in [3.05, 3.63) is 57.5 Å². The van der Waals surface area contributed by atoms with Crippen molar-refractivity contribution in [2.75, 3.05) is 5.32 Å². The van der Waals surface area contributed by atoms with Crippen molar-refractivity contribution >= 4 is 49.1 Å². The quantitative estimate of drug-likeness (QED) is 0.757. The first-order chi connectivity index (χ1) is 11.2. The minimum atomic E-state index is -3.79. The molecule has 0 aliphatic rings. The summed E-state index contributed by atoms with van der Waals surface area (Å²) < 4.78 is 27.7. The predicted molar refractivity (Wildman–Crippen MR) is 98.7 cm³/mol. The molecule has 2 aromatic rings. The zero-order valence-corrected chi connectivity index (χ0v) is 16.2. The van der Waals surface area contributed by atoms with E-state index in [0.717, 1.165) is 10.0 Å². The number of carbonyl (C=O) groups is 1. The number of aryl methyl sites for hydroxylation is 1. The number of sulfonamides is 1. The number of halogens is 2. The minimum Gasteiger partial charge on any atom is -0.324 e. The van der Waals surface area contributed by atoms with Gasteiger partial charge in [-0.15, -0.1) is 0 Å². The fourth-order valence-electron chi connectivity index (χ4n) is 1.94. The number of hydrogen-bond donors (Lipinski definition) is 2. The summed E-state index contributed by atoms with van der Waals surface area (Å²) in [6, 6.07) is 10.3. The van der Waals surface area contributed by atoms with Gasteiger partial charge in [-0.3, -0.25) is 4.79 Å². The highest BCUT2D eigenvalue weighted by Crippen LogP contribution is 2.20. The maximum atomic E-state index is 12.3. The zero-order chi connectivity index (χ0) is 17.9. The van der Waals surface area contributed by atoms with E-state index in [9.17, 15) is 13.2 Å². The van der Waals surface area contributed by atoms with Crippen molar-refractivity contribution in [1.82, 2.24) is 4.72 Å². The van der Waals surface area contributed by atoms with E-state index in [1.165, 1.54) is 19.1 Å².